The SMILES string of the molecule is CC1C(c2ccc(Cl)cc2)C(C(=O)c2ccccc2)C2(C(=O)Nc3ccccc32)N1C(=O)Nc1ccccc1Br. The van der Waals surface area contributed by atoms with Crippen LogP contribution in [-0.2, 0) is 10.3 Å². The Bertz CT molecular complexity index is 1630. The molecule has 0 aromatic heterocycles. The average molecular weight is 615 g/mol. The summed E-state index contributed by atoms with van der Waals surface area (Å²) in [6, 6.07) is 29.8. The number of nitrogens with zero attached hydrogens (tertiary/aromatic N) is 1. The number of anilines is 2. The average Bonchev–Trinajstić information content (AvgIpc) is 3.41. The number of rotatable bonds is 4. The fourth-order valence-electron chi connectivity index (χ4n) is 6.36. The number of carbonyl (C=O) groups excluding carboxylic acids is 3. The second-order valence-corrected chi connectivity index (χ2v) is 11.4. The largest absolute Gasteiger partial charge is 0.323 e. The van der Waals surface area contributed by atoms with Crippen molar-refractivity contribution in [3.8, 4) is 0 Å². The second-order valence-electron chi connectivity index (χ2n) is 10.1. The van der Waals surface area contributed by atoms with E-state index >= 15 is 0 Å². The maximum atomic E-state index is 14.6. The molecule has 1 fully saturated rings. The van der Waals surface area contributed by atoms with Crippen LogP contribution in [-0.4, -0.2) is 28.7 Å². The van der Waals surface area contributed by atoms with E-state index in [2.05, 4.69) is 26.6 Å². The van der Waals surface area contributed by atoms with Crippen molar-refractivity contribution in [3.63, 3.8) is 0 Å². The van der Waals surface area contributed by atoms with Gasteiger partial charge in [-0.25, -0.2) is 4.79 Å². The predicted molar refractivity (Wildman–Crippen MR) is 160 cm³/mol. The molecule has 0 bridgehead atoms. The van der Waals surface area contributed by atoms with Crippen molar-refractivity contribution in [1.82, 2.24) is 4.90 Å². The first-order chi connectivity index (χ1) is 19.3. The summed E-state index contributed by atoms with van der Waals surface area (Å²) >= 11 is 9.74. The third-order valence-corrected chi connectivity index (χ3v) is 8.92. The first kappa shape index (κ1) is 26.3. The maximum Gasteiger partial charge on any atom is 0.323 e. The Morgan fingerprint density at radius 2 is 1.55 bits per heavy atom. The van der Waals surface area contributed by atoms with Crippen LogP contribution in [0, 0.1) is 5.92 Å². The molecule has 3 amide bonds. The van der Waals surface area contributed by atoms with Crippen LogP contribution in [0.2, 0.25) is 5.02 Å². The van der Waals surface area contributed by atoms with Crippen molar-refractivity contribution in [2.24, 2.45) is 5.92 Å². The molecule has 0 aliphatic carbocycles. The zero-order valence-corrected chi connectivity index (χ0v) is 23.8. The van der Waals surface area contributed by atoms with Gasteiger partial charge in [0, 0.05) is 38.3 Å². The van der Waals surface area contributed by atoms with E-state index in [-0.39, 0.29) is 5.78 Å². The Kier molecular flexibility index (Phi) is 6.72. The van der Waals surface area contributed by atoms with Gasteiger partial charge in [-0.2, -0.15) is 0 Å². The van der Waals surface area contributed by atoms with Gasteiger partial charge in [-0.15, -0.1) is 0 Å². The first-order valence-electron chi connectivity index (χ1n) is 12.9. The third-order valence-electron chi connectivity index (χ3n) is 7.98. The molecule has 2 heterocycles. The van der Waals surface area contributed by atoms with E-state index in [1.165, 1.54) is 0 Å². The summed E-state index contributed by atoms with van der Waals surface area (Å²) in [6.07, 6.45) is 0. The number of para-hydroxylation sites is 2. The van der Waals surface area contributed by atoms with Crippen LogP contribution < -0.4 is 10.6 Å². The molecule has 8 heteroatoms. The summed E-state index contributed by atoms with van der Waals surface area (Å²) in [4.78, 5) is 44.7. The second kappa shape index (κ2) is 10.2. The van der Waals surface area contributed by atoms with Gasteiger partial charge in [0.25, 0.3) is 5.91 Å². The summed E-state index contributed by atoms with van der Waals surface area (Å²) < 4.78 is 0.701. The maximum absolute atomic E-state index is 14.6. The standard InChI is InChI=1S/C32H25BrClN3O3/c1-19-27(20-15-17-22(34)18-16-20)28(29(38)21-9-3-2-4-10-21)32(23-11-5-7-13-25(23)35-30(32)39)37(19)31(40)36-26-14-8-6-12-24(26)33/h2-19,27-28H,1H3,(H,35,39)(H,36,40). The molecule has 4 aromatic rings. The summed E-state index contributed by atoms with van der Waals surface area (Å²) in [7, 11) is 0. The van der Waals surface area contributed by atoms with E-state index in [1.54, 1.807) is 53.4 Å². The Balaban J connectivity index is 1.60. The van der Waals surface area contributed by atoms with Crippen LogP contribution in [0.3, 0.4) is 0 Å². The lowest BCUT2D eigenvalue weighted by atomic mass is 9.69. The molecule has 1 saturated heterocycles. The molecule has 0 radical (unpaired) electrons. The number of ketones is 1. The van der Waals surface area contributed by atoms with Crippen LogP contribution in [0.4, 0.5) is 16.2 Å². The highest BCUT2D eigenvalue weighted by Gasteiger charge is 2.69. The van der Waals surface area contributed by atoms with Gasteiger partial charge in [0.05, 0.1) is 11.6 Å². The summed E-state index contributed by atoms with van der Waals surface area (Å²) in [5, 5.41) is 6.54. The predicted octanol–water partition coefficient (Wildman–Crippen LogP) is 7.47. The molecule has 200 valence electrons. The fraction of sp³-hybridized carbons (Fsp3) is 0.156. The van der Waals surface area contributed by atoms with Gasteiger partial charge in [0.1, 0.15) is 0 Å². The number of hydrogen-bond acceptors (Lipinski definition) is 3. The Labute approximate surface area is 245 Å². The normalized spacial score (nSPS) is 23.1. The van der Waals surface area contributed by atoms with Gasteiger partial charge in [-0.3, -0.25) is 9.59 Å². The molecule has 4 atom stereocenters. The minimum absolute atomic E-state index is 0.213. The highest BCUT2D eigenvalue weighted by Crippen LogP contribution is 2.59. The van der Waals surface area contributed by atoms with Crippen LogP contribution in [0.25, 0.3) is 0 Å². The van der Waals surface area contributed by atoms with Crippen molar-refractivity contribution in [2.75, 3.05) is 10.6 Å². The van der Waals surface area contributed by atoms with Crippen molar-refractivity contribution in [1.29, 1.82) is 0 Å². The number of hydrogen-bond donors (Lipinski definition) is 2. The van der Waals surface area contributed by atoms with E-state index < -0.39 is 35.4 Å². The Morgan fingerprint density at radius 1 is 0.900 bits per heavy atom. The van der Waals surface area contributed by atoms with Gasteiger partial charge in [-0.1, -0.05) is 84.4 Å². The molecule has 6 rings (SSSR count). The molecule has 1 spiro atoms. The zero-order valence-electron chi connectivity index (χ0n) is 21.5. The van der Waals surface area contributed by atoms with Crippen molar-refractivity contribution in [3.05, 3.63) is 129 Å². The van der Waals surface area contributed by atoms with E-state index in [4.69, 9.17) is 11.6 Å². The molecule has 0 saturated carbocycles. The molecule has 2 aliphatic heterocycles. The molecular formula is C32H25BrClN3O3. The van der Waals surface area contributed by atoms with Gasteiger partial charge in [-0.05, 0) is 58.7 Å². The summed E-state index contributed by atoms with van der Waals surface area (Å²) in [5.41, 5.74) is 1.43. The number of carbonyl (C=O) groups is 3. The molecule has 4 unspecified atom stereocenters. The van der Waals surface area contributed by atoms with Crippen molar-refractivity contribution < 1.29 is 14.4 Å². The lowest BCUT2D eigenvalue weighted by Crippen LogP contribution is -2.57. The van der Waals surface area contributed by atoms with Gasteiger partial charge >= 0.3 is 6.03 Å². The van der Waals surface area contributed by atoms with Crippen molar-refractivity contribution >= 4 is 56.6 Å². The molecule has 6 nitrogen and oxygen atoms in total. The summed E-state index contributed by atoms with van der Waals surface area (Å²) in [6.45, 7) is 1.90. The van der Waals surface area contributed by atoms with E-state index in [1.807, 2.05) is 61.5 Å². The summed E-state index contributed by atoms with van der Waals surface area (Å²) in [5.74, 6) is -2.05. The molecule has 2 N–H and O–H groups in total. The van der Waals surface area contributed by atoms with Crippen LogP contribution in [0.15, 0.2) is 108 Å². The quantitative estimate of drug-likeness (QED) is 0.234. The van der Waals surface area contributed by atoms with Crippen LogP contribution in [0.1, 0.15) is 34.3 Å². The van der Waals surface area contributed by atoms with Crippen molar-refractivity contribution in [2.45, 2.75) is 24.4 Å². The smallest absolute Gasteiger partial charge is 0.323 e. The minimum Gasteiger partial charge on any atom is -0.323 e. The lowest BCUT2D eigenvalue weighted by Gasteiger charge is -2.38. The Morgan fingerprint density at radius 3 is 2.27 bits per heavy atom. The first-order valence-corrected chi connectivity index (χ1v) is 14.1. The number of nitrogens with one attached hydrogen (secondary N) is 2. The Hall–Kier alpha value is -3.94. The number of Topliss-reactive ketones (excluding diaryl/α,β-unsaturated/α-hetero) is 1. The molecule has 40 heavy (non-hydrogen) atoms. The zero-order chi connectivity index (χ0) is 28.0. The topological polar surface area (TPSA) is 78.5 Å². The number of urea groups is 1. The molecular weight excluding hydrogens is 590 g/mol. The third kappa shape index (κ3) is 4.03. The van der Waals surface area contributed by atoms with E-state index in [0.29, 0.717) is 32.0 Å². The number of benzene rings is 4. The van der Waals surface area contributed by atoms with E-state index in [0.717, 1.165) is 5.56 Å². The molecule has 4 aromatic carbocycles. The minimum atomic E-state index is -1.60. The fourth-order valence-corrected chi connectivity index (χ4v) is 6.87. The highest BCUT2D eigenvalue weighted by molar-refractivity contribution is 9.10. The monoisotopic (exact) mass is 613 g/mol. The van der Waals surface area contributed by atoms with Crippen LogP contribution in [0.5, 0.6) is 0 Å². The van der Waals surface area contributed by atoms with Gasteiger partial charge < -0.3 is 15.5 Å². The van der Waals surface area contributed by atoms with Gasteiger partial charge in [0.2, 0.25) is 0 Å². The number of likely N-dealkylation sites (tertiary alicyclic amines) is 1. The van der Waals surface area contributed by atoms with E-state index in [9.17, 15) is 14.4 Å². The lowest BCUT2D eigenvalue weighted by molar-refractivity contribution is -0.126. The number of fused-ring (bicyclic) bond motifs is 2. The number of halogens is 2. The van der Waals surface area contributed by atoms with Gasteiger partial charge in [0.15, 0.2) is 11.3 Å². The highest BCUT2D eigenvalue weighted by atomic mass is 79.9. The molecule has 2 aliphatic rings. The van der Waals surface area contributed by atoms with Crippen LogP contribution >= 0.6 is 27.5 Å². The number of amides is 3.